The number of Topliss-reactive ketones (excluding diaryl/α,β-unsaturated/α-hetero) is 1. The smallest absolute Gasteiger partial charge is 0.143 e. The SMILES string of the molecule is NCC1(C(=O)C2CCOCC2)CCC1. The Morgan fingerprint density at radius 3 is 2.43 bits per heavy atom. The Hall–Kier alpha value is -0.410. The molecule has 2 fully saturated rings. The van der Waals surface area contributed by atoms with Gasteiger partial charge in [-0.3, -0.25) is 4.79 Å². The molecule has 0 spiro atoms. The van der Waals surface area contributed by atoms with E-state index >= 15 is 0 Å². The van der Waals surface area contributed by atoms with Crippen molar-refractivity contribution >= 4 is 5.78 Å². The number of carbonyl (C=O) groups is 1. The van der Waals surface area contributed by atoms with Crippen molar-refractivity contribution in [2.45, 2.75) is 32.1 Å². The van der Waals surface area contributed by atoms with Crippen molar-refractivity contribution in [3.63, 3.8) is 0 Å². The standard InChI is InChI=1S/C11H19NO2/c12-8-11(4-1-5-11)10(13)9-2-6-14-7-3-9/h9H,1-8,12H2. The largest absolute Gasteiger partial charge is 0.381 e. The maximum absolute atomic E-state index is 12.2. The molecule has 0 bridgehead atoms. The van der Waals surface area contributed by atoms with Crippen molar-refractivity contribution in [1.29, 1.82) is 0 Å². The molecule has 0 unspecified atom stereocenters. The zero-order chi connectivity index (χ0) is 10.0. The summed E-state index contributed by atoms with van der Waals surface area (Å²) in [5, 5.41) is 0. The second-order valence-electron chi connectivity index (χ2n) is 4.59. The summed E-state index contributed by atoms with van der Waals surface area (Å²) in [6.45, 7) is 2.04. The molecule has 1 heterocycles. The lowest BCUT2D eigenvalue weighted by Gasteiger charge is -2.42. The lowest BCUT2D eigenvalue weighted by Crippen LogP contribution is -2.48. The predicted octanol–water partition coefficient (Wildman–Crippen LogP) is 1.11. The van der Waals surface area contributed by atoms with Crippen LogP contribution in [0.2, 0.25) is 0 Å². The van der Waals surface area contributed by atoms with E-state index in [-0.39, 0.29) is 11.3 Å². The fourth-order valence-corrected chi connectivity index (χ4v) is 2.55. The molecule has 80 valence electrons. The second-order valence-corrected chi connectivity index (χ2v) is 4.59. The first kappa shape index (κ1) is 10.1. The third-order valence-corrected chi connectivity index (χ3v) is 3.82. The van der Waals surface area contributed by atoms with Crippen LogP contribution >= 0.6 is 0 Å². The number of hydrogen-bond acceptors (Lipinski definition) is 3. The molecule has 2 rings (SSSR count). The fraction of sp³-hybridized carbons (Fsp3) is 0.909. The van der Waals surface area contributed by atoms with Crippen LogP contribution in [0.1, 0.15) is 32.1 Å². The number of carbonyl (C=O) groups excluding carboxylic acids is 1. The molecular formula is C11H19NO2. The van der Waals surface area contributed by atoms with Gasteiger partial charge in [0, 0.05) is 31.1 Å². The van der Waals surface area contributed by atoms with E-state index in [9.17, 15) is 4.79 Å². The van der Waals surface area contributed by atoms with E-state index in [1.807, 2.05) is 0 Å². The van der Waals surface area contributed by atoms with Crippen LogP contribution in [0.4, 0.5) is 0 Å². The fourth-order valence-electron chi connectivity index (χ4n) is 2.55. The molecule has 0 radical (unpaired) electrons. The highest BCUT2D eigenvalue weighted by atomic mass is 16.5. The zero-order valence-electron chi connectivity index (χ0n) is 8.63. The number of ketones is 1. The molecule has 1 saturated heterocycles. The van der Waals surface area contributed by atoms with Gasteiger partial charge in [0.25, 0.3) is 0 Å². The van der Waals surface area contributed by atoms with E-state index in [2.05, 4.69) is 0 Å². The summed E-state index contributed by atoms with van der Waals surface area (Å²) in [4.78, 5) is 12.2. The summed E-state index contributed by atoms with van der Waals surface area (Å²) in [5.74, 6) is 0.655. The Morgan fingerprint density at radius 1 is 1.36 bits per heavy atom. The lowest BCUT2D eigenvalue weighted by molar-refractivity contribution is -0.140. The molecule has 0 atom stereocenters. The zero-order valence-corrected chi connectivity index (χ0v) is 8.63. The van der Waals surface area contributed by atoms with Gasteiger partial charge >= 0.3 is 0 Å². The van der Waals surface area contributed by atoms with Crippen LogP contribution in [0, 0.1) is 11.3 Å². The molecule has 2 aliphatic rings. The predicted molar refractivity (Wildman–Crippen MR) is 53.9 cm³/mol. The van der Waals surface area contributed by atoms with Crippen LogP contribution in [0.5, 0.6) is 0 Å². The summed E-state index contributed by atoms with van der Waals surface area (Å²) in [5.41, 5.74) is 5.59. The monoisotopic (exact) mass is 197 g/mol. The maximum atomic E-state index is 12.2. The van der Waals surface area contributed by atoms with Crippen LogP contribution in [0.3, 0.4) is 0 Å². The molecule has 3 heteroatoms. The van der Waals surface area contributed by atoms with Crippen LogP contribution in [-0.2, 0) is 9.53 Å². The van der Waals surface area contributed by atoms with Gasteiger partial charge in [-0.1, -0.05) is 6.42 Å². The van der Waals surface area contributed by atoms with Crippen LogP contribution in [-0.4, -0.2) is 25.5 Å². The van der Waals surface area contributed by atoms with Gasteiger partial charge in [-0.25, -0.2) is 0 Å². The van der Waals surface area contributed by atoms with Gasteiger partial charge in [0.15, 0.2) is 0 Å². The molecule has 3 nitrogen and oxygen atoms in total. The van der Waals surface area contributed by atoms with Crippen molar-refractivity contribution in [2.24, 2.45) is 17.1 Å². The minimum absolute atomic E-state index is 0.137. The van der Waals surface area contributed by atoms with Crippen LogP contribution in [0.25, 0.3) is 0 Å². The van der Waals surface area contributed by atoms with Crippen LogP contribution < -0.4 is 5.73 Å². The molecule has 14 heavy (non-hydrogen) atoms. The second kappa shape index (κ2) is 3.99. The Morgan fingerprint density at radius 2 is 2.00 bits per heavy atom. The molecule has 0 aromatic carbocycles. The molecular weight excluding hydrogens is 178 g/mol. The maximum Gasteiger partial charge on any atom is 0.143 e. The Kier molecular flexibility index (Phi) is 2.88. The van der Waals surface area contributed by atoms with Gasteiger partial charge in [-0.05, 0) is 25.7 Å². The third-order valence-electron chi connectivity index (χ3n) is 3.82. The third kappa shape index (κ3) is 1.59. The minimum atomic E-state index is -0.137. The quantitative estimate of drug-likeness (QED) is 0.737. The number of nitrogens with two attached hydrogens (primary N) is 1. The number of ether oxygens (including phenoxy) is 1. The molecule has 1 aliphatic heterocycles. The molecule has 0 aromatic rings. The van der Waals surface area contributed by atoms with E-state index in [4.69, 9.17) is 10.5 Å². The molecule has 1 aliphatic carbocycles. The molecule has 0 aromatic heterocycles. The number of hydrogen-bond donors (Lipinski definition) is 1. The van der Waals surface area contributed by atoms with Crippen molar-refractivity contribution in [3.8, 4) is 0 Å². The molecule has 1 saturated carbocycles. The van der Waals surface area contributed by atoms with Gasteiger partial charge in [0.05, 0.1) is 0 Å². The topological polar surface area (TPSA) is 52.3 Å². The summed E-state index contributed by atoms with van der Waals surface area (Å²) < 4.78 is 5.26. The Bertz CT molecular complexity index is 212. The highest BCUT2D eigenvalue weighted by Crippen LogP contribution is 2.43. The summed E-state index contributed by atoms with van der Waals surface area (Å²) in [7, 11) is 0. The lowest BCUT2D eigenvalue weighted by atomic mass is 9.62. The Labute approximate surface area is 85.0 Å². The van der Waals surface area contributed by atoms with Gasteiger partial charge in [0.1, 0.15) is 5.78 Å². The van der Waals surface area contributed by atoms with E-state index in [0.717, 1.165) is 38.9 Å². The van der Waals surface area contributed by atoms with Crippen molar-refractivity contribution in [3.05, 3.63) is 0 Å². The highest BCUT2D eigenvalue weighted by Gasteiger charge is 2.45. The summed E-state index contributed by atoms with van der Waals surface area (Å²) >= 11 is 0. The summed E-state index contributed by atoms with van der Waals surface area (Å²) in [6.07, 6.45) is 5.01. The van der Waals surface area contributed by atoms with E-state index < -0.39 is 0 Å². The van der Waals surface area contributed by atoms with Gasteiger partial charge < -0.3 is 10.5 Å². The first-order chi connectivity index (χ1) is 6.78. The summed E-state index contributed by atoms with van der Waals surface area (Å²) in [6, 6.07) is 0. The average Bonchev–Trinajstić information content (AvgIpc) is 2.18. The van der Waals surface area contributed by atoms with Crippen LogP contribution in [0.15, 0.2) is 0 Å². The van der Waals surface area contributed by atoms with Crippen molar-refractivity contribution < 1.29 is 9.53 Å². The van der Waals surface area contributed by atoms with Crippen molar-refractivity contribution in [2.75, 3.05) is 19.8 Å². The molecule has 2 N–H and O–H groups in total. The van der Waals surface area contributed by atoms with Gasteiger partial charge in [0.2, 0.25) is 0 Å². The van der Waals surface area contributed by atoms with E-state index in [0.29, 0.717) is 12.3 Å². The van der Waals surface area contributed by atoms with Crippen molar-refractivity contribution in [1.82, 2.24) is 0 Å². The van der Waals surface area contributed by atoms with Gasteiger partial charge in [-0.15, -0.1) is 0 Å². The highest BCUT2D eigenvalue weighted by molar-refractivity contribution is 5.88. The number of rotatable bonds is 3. The normalized spacial score (nSPS) is 26.9. The minimum Gasteiger partial charge on any atom is -0.381 e. The first-order valence-corrected chi connectivity index (χ1v) is 5.61. The van der Waals surface area contributed by atoms with Gasteiger partial charge in [-0.2, -0.15) is 0 Å². The average molecular weight is 197 g/mol. The van der Waals surface area contributed by atoms with E-state index in [1.165, 1.54) is 6.42 Å². The molecule has 0 amide bonds. The Balaban J connectivity index is 1.98. The van der Waals surface area contributed by atoms with E-state index in [1.54, 1.807) is 0 Å². The first-order valence-electron chi connectivity index (χ1n) is 5.61.